The number of carbonyl (C=O) groups excluding carboxylic acids is 1. The second kappa shape index (κ2) is 8.74. The van der Waals surface area contributed by atoms with Crippen LogP contribution in [0, 0.1) is 22.9 Å². The number of anilines is 1. The molecule has 0 aliphatic heterocycles. The number of hydrogen-bond acceptors (Lipinski definition) is 8. The molecule has 0 radical (unpaired) electrons. The van der Waals surface area contributed by atoms with Crippen molar-refractivity contribution < 1.29 is 14.1 Å². The van der Waals surface area contributed by atoms with Gasteiger partial charge in [-0.05, 0) is 54.4 Å². The highest BCUT2D eigenvalue weighted by Gasteiger charge is 2.16. The number of halogens is 1. The number of nitro benzene ring substituents is 1. The third-order valence-electron chi connectivity index (χ3n) is 4.38. The van der Waals surface area contributed by atoms with Gasteiger partial charge < -0.3 is 5.32 Å². The molecule has 0 bridgehead atoms. The van der Waals surface area contributed by atoms with E-state index in [1.807, 2.05) is 0 Å². The highest BCUT2D eigenvalue weighted by Crippen LogP contribution is 2.34. The SMILES string of the molecule is Cc1cc([N+](=O)[O-])ccc1NC(=O)CSc1ncnc2c(-c3ccc(F)cc3)nsc12. The summed E-state index contributed by atoms with van der Waals surface area (Å²) in [5.41, 5.74) is 3.10. The summed E-state index contributed by atoms with van der Waals surface area (Å²) in [5, 5.41) is 14.2. The van der Waals surface area contributed by atoms with Crippen LogP contribution < -0.4 is 5.32 Å². The minimum absolute atomic E-state index is 0.0320. The van der Waals surface area contributed by atoms with E-state index in [0.717, 1.165) is 10.3 Å². The van der Waals surface area contributed by atoms with Crippen LogP contribution in [0.25, 0.3) is 21.5 Å². The number of nitro groups is 1. The number of nitrogens with one attached hydrogen (secondary N) is 1. The summed E-state index contributed by atoms with van der Waals surface area (Å²) in [4.78, 5) is 31.3. The Balaban J connectivity index is 1.49. The Labute approximate surface area is 183 Å². The number of benzene rings is 2. The van der Waals surface area contributed by atoms with Gasteiger partial charge in [0, 0.05) is 23.4 Å². The summed E-state index contributed by atoms with van der Waals surface area (Å²) in [6.07, 6.45) is 1.41. The lowest BCUT2D eigenvalue weighted by Crippen LogP contribution is -2.15. The lowest BCUT2D eigenvalue weighted by atomic mass is 10.1. The number of hydrogen-bond donors (Lipinski definition) is 1. The van der Waals surface area contributed by atoms with E-state index in [9.17, 15) is 19.3 Å². The molecule has 4 aromatic rings. The number of nitrogens with zero attached hydrogens (tertiary/aromatic N) is 4. The van der Waals surface area contributed by atoms with Crippen LogP contribution in [0.3, 0.4) is 0 Å². The predicted molar refractivity (Wildman–Crippen MR) is 118 cm³/mol. The van der Waals surface area contributed by atoms with Crippen LogP contribution in [-0.2, 0) is 4.79 Å². The highest BCUT2D eigenvalue weighted by molar-refractivity contribution is 8.00. The minimum Gasteiger partial charge on any atom is -0.325 e. The number of non-ortho nitro benzene ring substituents is 1. The molecule has 2 heterocycles. The maximum Gasteiger partial charge on any atom is 0.269 e. The van der Waals surface area contributed by atoms with Gasteiger partial charge in [0.1, 0.15) is 33.1 Å². The van der Waals surface area contributed by atoms with Gasteiger partial charge in [0.05, 0.1) is 10.7 Å². The van der Waals surface area contributed by atoms with Crippen LogP contribution in [0.2, 0.25) is 0 Å². The molecule has 8 nitrogen and oxygen atoms in total. The number of fused-ring (bicyclic) bond motifs is 1. The quantitative estimate of drug-likeness (QED) is 0.192. The molecule has 0 aliphatic rings. The van der Waals surface area contributed by atoms with Crippen LogP contribution in [0.15, 0.2) is 53.8 Å². The Bertz CT molecular complexity index is 1290. The van der Waals surface area contributed by atoms with Crippen LogP contribution in [0.5, 0.6) is 0 Å². The van der Waals surface area contributed by atoms with Crippen molar-refractivity contribution in [1.29, 1.82) is 0 Å². The molecule has 0 atom stereocenters. The average Bonchev–Trinajstić information content (AvgIpc) is 3.19. The molecule has 0 aliphatic carbocycles. The summed E-state index contributed by atoms with van der Waals surface area (Å²) in [6.45, 7) is 1.69. The topological polar surface area (TPSA) is 111 Å². The molecule has 1 amide bonds. The van der Waals surface area contributed by atoms with E-state index in [1.165, 1.54) is 60.0 Å². The zero-order valence-corrected chi connectivity index (χ0v) is 17.7. The van der Waals surface area contributed by atoms with E-state index in [-0.39, 0.29) is 23.2 Å². The second-order valence-corrected chi connectivity index (χ2v) is 8.23. The molecule has 0 unspecified atom stereocenters. The maximum absolute atomic E-state index is 13.2. The van der Waals surface area contributed by atoms with Crippen molar-refractivity contribution in [2.45, 2.75) is 11.9 Å². The molecule has 0 saturated carbocycles. The number of aryl methyl sites for hydroxylation is 1. The average molecular weight is 455 g/mol. The van der Waals surface area contributed by atoms with Crippen molar-refractivity contribution in [1.82, 2.24) is 14.3 Å². The Morgan fingerprint density at radius 2 is 2.00 bits per heavy atom. The first kappa shape index (κ1) is 20.8. The number of amides is 1. The van der Waals surface area contributed by atoms with Crippen molar-refractivity contribution in [3.63, 3.8) is 0 Å². The lowest BCUT2D eigenvalue weighted by Gasteiger charge is -2.08. The van der Waals surface area contributed by atoms with E-state index in [2.05, 4.69) is 19.7 Å². The Hall–Kier alpha value is -3.44. The van der Waals surface area contributed by atoms with Crippen LogP contribution in [0.1, 0.15) is 5.56 Å². The molecule has 1 N–H and O–H groups in total. The van der Waals surface area contributed by atoms with Gasteiger partial charge in [-0.25, -0.2) is 14.4 Å². The van der Waals surface area contributed by atoms with Gasteiger partial charge in [-0.2, -0.15) is 4.37 Å². The van der Waals surface area contributed by atoms with Gasteiger partial charge in [0.25, 0.3) is 5.69 Å². The number of aromatic nitrogens is 3. The van der Waals surface area contributed by atoms with E-state index in [4.69, 9.17) is 0 Å². The summed E-state index contributed by atoms with van der Waals surface area (Å²) in [7, 11) is 0. The third kappa shape index (κ3) is 4.52. The molecule has 2 aromatic heterocycles. The van der Waals surface area contributed by atoms with Crippen molar-refractivity contribution in [3.05, 3.63) is 70.3 Å². The van der Waals surface area contributed by atoms with Gasteiger partial charge in [-0.1, -0.05) is 11.8 Å². The van der Waals surface area contributed by atoms with Crippen LogP contribution in [-0.4, -0.2) is 30.9 Å². The molecule has 156 valence electrons. The molecule has 0 saturated heterocycles. The summed E-state index contributed by atoms with van der Waals surface area (Å²) < 4.78 is 18.4. The molecule has 4 rings (SSSR count). The van der Waals surface area contributed by atoms with Crippen LogP contribution >= 0.6 is 23.3 Å². The standard InChI is InChI=1S/C20H14FN5O3S2/c1-11-8-14(26(28)29)6-7-15(11)24-16(27)9-30-20-19-18(22-10-23-20)17(25-31-19)12-2-4-13(21)5-3-12/h2-8,10H,9H2,1H3,(H,24,27). The molecule has 0 fully saturated rings. The first-order valence-electron chi connectivity index (χ1n) is 8.96. The van der Waals surface area contributed by atoms with E-state index in [1.54, 1.807) is 19.1 Å². The Morgan fingerprint density at radius 1 is 1.23 bits per heavy atom. The molecule has 2 aromatic carbocycles. The monoisotopic (exact) mass is 455 g/mol. The van der Waals surface area contributed by atoms with Gasteiger partial charge in [-0.3, -0.25) is 14.9 Å². The van der Waals surface area contributed by atoms with Gasteiger partial charge in [0.2, 0.25) is 5.91 Å². The number of thioether (sulfide) groups is 1. The van der Waals surface area contributed by atoms with Gasteiger partial charge >= 0.3 is 0 Å². The van der Waals surface area contributed by atoms with E-state index >= 15 is 0 Å². The second-order valence-electron chi connectivity index (χ2n) is 6.49. The largest absolute Gasteiger partial charge is 0.325 e. The first-order valence-corrected chi connectivity index (χ1v) is 10.7. The number of carbonyl (C=O) groups is 1. The van der Waals surface area contributed by atoms with Crippen molar-refractivity contribution >= 4 is 50.8 Å². The van der Waals surface area contributed by atoms with E-state index < -0.39 is 4.92 Å². The molecule has 31 heavy (non-hydrogen) atoms. The fourth-order valence-electron chi connectivity index (χ4n) is 2.86. The lowest BCUT2D eigenvalue weighted by molar-refractivity contribution is -0.384. The van der Waals surface area contributed by atoms with Crippen molar-refractivity contribution in [2.75, 3.05) is 11.1 Å². The minimum atomic E-state index is -0.482. The Kier molecular flexibility index (Phi) is 5.87. The smallest absolute Gasteiger partial charge is 0.269 e. The summed E-state index contributed by atoms with van der Waals surface area (Å²) >= 11 is 2.46. The zero-order chi connectivity index (χ0) is 22.0. The molecule has 0 spiro atoms. The third-order valence-corrected chi connectivity index (χ3v) is 6.34. The molecular weight excluding hydrogens is 441 g/mol. The summed E-state index contributed by atoms with van der Waals surface area (Å²) in [5.74, 6) is -0.507. The predicted octanol–water partition coefficient (Wildman–Crippen LogP) is 4.84. The van der Waals surface area contributed by atoms with E-state index in [0.29, 0.717) is 27.5 Å². The van der Waals surface area contributed by atoms with Crippen molar-refractivity contribution in [2.24, 2.45) is 0 Å². The molecule has 11 heteroatoms. The van der Waals surface area contributed by atoms with Crippen molar-refractivity contribution in [3.8, 4) is 11.3 Å². The van der Waals surface area contributed by atoms with Gasteiger partial charge in [0.15, 0.2) is 0 Å². The Morgan fingerprint density at radius 3 is 2.71 bits per heavy atom. The van der Waals surface area contributed by atoms with Crippen LogP contribution in [0.4, 0.5) is 15.8 Å². The normalized spacial score (nSPS) is 10.9. The first-order chi connectivity index (χ1) is 14.9. The highest BCUT2D eigenvalue weighted by atomic mass is 32.2. The maximum atomic E-state index is 13.2. The fourth-order valence-corrected chi connectivity index (χ4v) is 4.58. The fraction of sp³-hybridized carbons (Fsp3) is 0.100. The summed E-state index contributed by atoms with van der Waals surface area (Å²) in [6, 6.07) is 10.3. The zero-order valence-electron chi connectivity index (χ0n) is 16.0. The van der Waals surface area contributed by atoms with Gasteiger partial charge in [-0.15, -0.1) is 0 Å². The molecular formula is C20H14FN5O3S2. The number of rotatable bonds is 6.